The summed E-state index contributed by atoms with van der Waals surface area (Å²) in [5.74, 6) is -0.522. The van der Waals surface area contributed by atoms with E-state index < -0.39 is 0 Å². The van der Waals surface area contributed by atoms with Crippen LogP contribution in [0.1, 0.15) is 43.5 Å². The molecule has 0 fully saturated rings. The highest BCUT2D eigenvalue weighted by atomic mass is 16.1. The first-order chi connectivity index (χ1) is 13.6. The van der Waals surface area contributed by atoms with Crippen LogP contribution in [0, 0.1) is 22.7 Å². The Morgan fingerprint density at radius 3 is 1.39 bits per heavy atom. The van der Waals surface area contributed by atoms with Crippen molar-refractivity contribution in [3.05, 3.63) is 83.0 Å². The predicted octanol–water partition coefficient (Wildman–Crippen LogP) is 1.86. The van der Waals surface area contributed by atoms with Crippen LogP contribution in [0.5, 0.6) is 0 Å². The molecular weight excluding hydrogens is 356 g/mol. The Balaban J connectivity index is 1.98. The fourth-order valence-corrected chi connectivity index (χ4v) is 2.53. The molecule has 0 saturated carbocycles. The molecule has 3 aromatic heterocycles. The highest BCUT2D eigenvalue weighted by Crippen LogP contribution is 2.15. The number of hydrogen-bond acceptors (Lipinski definition) is 8. The Labute approximate surface area is 160 Å². The molecule has 0 aliphatic rings. The Kier molecular flexibility index (Phi) is 5.54. The molecule has 8 nitrogen and oxygen atoms in total. The normalized spacial score (nSPS) is 9.93. The molecule has 0 bridgehead atoms. The number of nitriles is 2. The number of nitrogens with zero attached hydrogens (tertiary/aromatic N) is 6. The molecular formula is C20H12N6O2. The standard InChI is InChI=1S/C20H12N6O2/c21-11-17-18(12-22)26-16(10-20(28)14-3-7-24-8-4-14)15(25-17)9-19(27)13-1-5-23-6-2-13/h1-8H,9-10H2. The molecule has 0 atom stereocenters. The summed E-state index contributed by atoms with van der Waals surface area (Å²) in [6.45, 7) is 0. The molecule has 3 rings (SSSR count). The van der Waals surface area contributed by atoms with Gasteiger partial charge in [0.15, 0.2) is 23.0 Å². The second-order valence-corrected chi connectivity index (χ2v) is 5.71. The molecule has 3 aromatic rings. The van der Waals surface area contributed by atoms with Crippen LogP contribution in [0.3, 0.4) is 0 Å². The van der Waals surface area contributed by atoms with Crippen LogP contribution in [0.15, 0.2) is 49.1 Å². The van der Waals surface area contributed by atoms with Gasteiger partial charge in [0.25, 0.3) is 0 Å². The van der Waals surface area contributed by atoms with Gasteiger partial charge in [-0.2, -0.15) is 10.5 Å². The average molecular weight is 368 g/mol. The van der Waals surface area contributed by atoms with Gasteiger partial charge in [-0.05, 0) is 24.3 Å². The smallest absolute Gasteiger partial charge is 0.177 e. The van der Waals surface area contributed by atoms with E-state index in [0.717, 1.165) is 0 Å². The predicted molar refractivity (Wildman–Crippen MR) is 96.0 cm³/mol. The van der Waals surface area contributed by atoms with E-state index in [2.05, 4.69) is 19.9 Å². The van der Waals surface area contributed by atoms with Gasteiger partial charge in [0.05, 0.1) is 24.2 Å². The summed E-state index contributed by atoms with van der Waals surface area (Å²) in [5.41, 5.74) is 0.872. The fourth-order valence-electron chi connectivity index (χ4n) is 2.53. The average Bonchev–Trinajstić information content (AvgIpc) is 2.75. The quantitative estimate of drug-likeness (QED) is 0.602. The summed E-state index contributed by atoms with van der Waals surface area (Å²) < 4.78 is 0. The highest BCUT2D eigenvalue weighted by Gasteiger charge is 2.20. The third-order valence-corrected chi connectivity index (χ3v) is 3.92. The molecule has 0 spiro atoms. The van der Waals surface area contributed by atoms with Crippen molar-refractivity contribution in [1.29, 1.82) is 10.5 Å². The zero-order valence-electron chi connectivity index (χ0n) is 14.5. The van der Waals surface area contributed by atoms with Crippen LogP contribution in [0.25, 0.3) is 0 Å². The molecule has 28 heavy (non-hydrogen) atoms. The number of Topliss-reactive ketones (excluding diaryl/α,β-unsaturated/α-hetero) is 2. The highest BCUT2D eigenvalue weighted by molar-refractivity contribution is 5.99. The van der Waals surface area contributed by atoms with E-state index in [9.17, 15) is 20.1 Å². The maximum Gasteiger partial charge on any atom is 0.177 e. The Bertz CT molecular complexity index is 1020. The van der Waals surface area contributed by atoms with Gasteiger partial charge in [-0.25, -0.2) is 9.97 Å². The zero-order chi connectivity index (χ0) is 19.9. The minimum absolute atomic E-state index is 0.156. The van der Waals surface area contributed by atoms with Crippen molar-refractivity contribution >= 4 is 11.6 Å². The van der Waals surface area contributed by atoms with Gasteiger partial charge in [0.2, 0.25) is 0 Å². The van der Waals surface area contributed by atoms with Gasteiger partial charge in [0, 0.05) is 35.9 Å². The molecule has 0 unspecified atom stereocenters. The van der Waals surface area contributed by atoms with Crippen molar-refractivity contribution in [3.8, 4) is 12.1 Å². The van der Waals surface area contributed by atoms with Crippen molar-refractivity contribution in [1.82, 2.24) is 19.9 Å². The van der Waals surface area contributed by atoms with Gasteiger partial charge >= 0.3 is 0 Å². The van der Waals surface area contributed by atoms with E-state index in [1.54, 1.807) is 36.4 Å². The number of aromatic nitrogens is 4. The van der Waals surface area contributed by atoms with E-state index in [0.29, 0.717) is 11.1 Å². The van der Waals surface area contributed by atoms with Crippen LogP contribution < -0.4 is 0 Å². The molecule has 0 aliphatic carbocycles. The second kappa shape index (κ2) is 8.39. The van der Waals surface area contributed by atoms with Crippen molar-refractivity contribution < 1.29 is 9.59 Å². The summed E-state index contributed by atoms with van der Waals surface area (Å²) in [4.78, 5) is 41.1. The Hall–Kier alpha value is -4.30. The minimum Gasteiger partial charge on any atom is -0.294 e. The van der Waals surface area contributed by atoms with E-state index in [1.807, 2.05) is 0 Å². The summed E-state index contributed by atoms with van der Waals surface area (Å²) >= 11 is 0. The van der Waals surface area contributed by atoms with Crippen molar-refractivity contribution in [2.75, 3.05) is 0 Å². The third-order valence-electron chi connectivity index (χ3n) is 3.92. The number of hydrogen-bond donors (Lipinski definition) is 0. The summed E-state index contributed by atoms with van der Waals surface area (Å²) in [6, 6.07) is 9.85. The summed E-state index contributed by atoms with van der Waals surface area (Å²) in [7, 11) is 0. The molecule has 3 heterocycles. The Morgan fingerprint density at radius 2 is 1.07 bits per heavy atom. The molecule has 0 amide bonds. The molecule has 0 N–H and O–H groups in total. The van der Waals surface area contributed by atoms with Crippen LogP contribution >= 0.6 is 0 Å². The number of carbonyl (C=O) groups excluding carboxylic acids is 2. The fraction of sp³-hybridized carbons (Fsp3) is 0.100. The van der Waals surface area contributed by atoms with Gasteiger partial charge < -0.3 is 0 Å². The van der Waals surface area contributed by atoms with E-state index in [-0.39, 0.29) is 47.2 Å². The monoisotopic (exact) mass is 368 g/mol. The van der Waals surface area contributed by atoms with Crippen LogP contribution in [-0.2, 0) is 12.8 Å². The molecule has 0 aromatic carbocycles. The lowest BCUT2D eigenvalue weighted by Crippen LogP contribution is -2.15. The number of ketones is 2. The topological polar surface area (TPSA) is 133 Å². The van der Waals surface area contributed by atoms with Crippen molar-refractivity contribution in [2.45, 2.75) is 12.8 Å². The molecule has 8 heteroatoms. The molecule has 0 aliphatic heterocycles. The Morgan fingerprint density at radius 1 is 0.714 bits per heavy atom. The first kappa shape index (κ1) is 18.5. The van der Waals surface area contributed by atoms with Gasteiger partial charge in [0.1, 0.15) is 12.1 Å². The number of rotatable bonds is 6. The van der Waals surface area contributed by atoms with E-state index >= 15 is 0 Å². The maximum atomic E-state index is 12.5. The second-order valence-electron chi connectivity index (χ2n) is 5.71. The SMILES string of the molecule is N#Cc1nc(CC(=O)c2ccncc2)c(CC(=O)c2ccncc2)nc1C#N. The summed E-state index contributed by atoms with van der Waals surface area (Å²) in [6.07, 6.45) is 5.66. The first-order valence-electron chi connectivity index (χ1n) is 8.18. The minimum atomic E-state index is -0.261. The number of pyridine rings is 2. The van der Waals surface area contributed by atoms with Gasteiger partial charge in [-0.3, -0.25) is 19.6 Å². The van der Waals surface area contributed by atoms with E-state index in [4.69, 9.17) is 0 Å². The zero-order valence-corrected chi connectivity index (χ0v) is 14.5. The molecule has 0 saturated heterocycles. The van der Waals surface area contributed by atoms with Crippen molar-refractivity contribution in [3.63, 3.8) is 0 Å². The van der Waals surface area contributed by atoms with E-state index in [1.165, 1.54) is 24.8 Å². The maximum absolute atomic E-state index is 12.5. The van der Waals surface area contributed by atoms with Crippen LogP contribution in [0.4, 0.5) is 0 Å². The summed E-state index contributed by atoms with van der Waals surface area (Å²) in [5, 5.41) is 18.4. The number of carbonyl (C=O) groups is 2. The lowest BCUT2D eigenvalue weighted by atomic mass is 10.0. The van der Waals surface area contributed by atoms with Gasteiger partial charge in [-0.15, -0.1) is 0 Å². The lowest BCUT2D eigenvalue weighted by molar-refractivity contribution is 0.0976. The van der Waals surface area contributed by atoms with Crippen molar-refractivity contribution in [2.24, 2.45) is 0 Å². The first-order valence-corrected chi connectivity index (χ1v) is 8.18. The van der Waals surface area contributed by atoms with Gasteiger partial charge in [-0.1, -0.05) is 0 Å². The van der Waals surface area contributed by atoms with Crippen LogP contribution in [0.2, 0.25) is 0 Å². The van der Waals surface area contributed by atoms with Crippen LogP contribution in [-0.4, -0.2) is 31.5 Å². The molecule has 0 radical (unpaired) electrons. The largest absolute Gasteiger partial charge is 0.294 e. The molecule has 134 valence electrons. The lowest BCUT2D eigenvalue weighted by Gasteiger charge is -2.09. The third kappa shape index (κ3) is 4.09.